The van der Waals surface area contributed by atoms with E-state index in [0.29, 0.717) is 19.7 Å². The molecule has 2 aliphatic heterocycles. The zero-order valence-electron chi connectivity index (χ0n) is 17.4. The number of fused-ring (bicyclic) bond motifs is 1. The fraction of sp³-hybridized carbons (Fsp3) is 0.700. The first-order chi connectivity index (χ1) is 13.9. The van der Waals surface area contributed by atoms with Gasteiger partial charge in [0.05, 0.1) is 23.9 Å². The fourth-order valence-corrected chi connectivity index (χ4v) is 5.52. The summed E-state index contributed by atoms with van der Waals surface area (Å²) in [7, 11) is 1.63. The van der Waals surface area contributed by atoms with Crippen LogP contribution in [0.4, 0.5) is 0 Å². The summed E-state index contributed by atoms with van der Waals surface area (Å²) in [6.45, 7) is 7.09. The van der Waals surface area contributed by atoms with Crippen molar-refractivity contribution in [1.29, 1.82) is 0 Å². The number of methoxy groups -OCH3 is 1. The summed E-state index contributed by atoms with van der Waals surface area (Å²) in [4.78, 5) is 32.7. The largest absolute Gasteiger partial charge is 0.383 e. The van der Waals surface area contributed by atoms with E-state index in [-0.39, 0.29) is 17.0 Å². The molecule has 0 unspecified atom stereocenters. The molecule has 29 heavy (non-hydrogen) atoms. The maximum Gasteiger partial charge on any atom is 0.345 e. The molecule has 2 aliphatic rings. The topological polar surface area (TPSA) is 82.2 Å². The Morgan fingerprint density at radius 3 is 2.55 bits per heavy atom. The first kappa shape index (κ1) is 20.3. The number of amides is 1. The van der Waals surface area contributed by atoms with E-state index in [9.17, 15) is 9.59 Å². The Labute approximate surface area is 174 Å². The number of carbonyl (C=O) groups is 1. The normalized spacial score (nSPS) is 18.7. The van der Waals surface area contributed by atoms with Crippen LogP contribution in [0.3, 0.4) is 0 Å². The van der Waals surface area contributed by atoms with Crippen LogP contribution in [0.25, 0.3) is 0 Å². The second kappa shape index (κ2) is 8.02. The minimum atomic E-state index is -0.0299. The minimum Gasteiger partial charge on any atom is -0.383 e. The van der Waals surface area contributed by atoms with Crippen molar-refractivity contribution in [2.45, 2.75) is 59.0 Å². The number of rotatable bonds is 4. The van der Waals surface area contributed by atoms with E-state index in [4.69, 9.17) is 4.74 Å². The summed E-state index contributed by atoms with van der Waals surface area (Å²) in [6, 6.07) is 0. The summed E-state index contributed by atoms with van der Waals surface area (Å²) in [5, 5.41) is 5.48. The van der Waals surface area contributed by atoms with Crippen molar-refractivity contribution in [3.63, 3.8) is 0 Å². The lowest BCUT2D eigenvalue weighted by Gasteiger charge is -2.41. The van der Waals surface area contributed by atoms with Gasteiger partial charge >= 0.3 is 5.69 Å². The van der Waals surface area contributed by atoms with Gasteiger partial charge in [-0.05, 0) is 44.9 Å². The van der Waals surface area contributed by atoms with Gasteiger partial charge in [0.15, 0.2) is 0 Å². The highest BCUT2D eigenvalue weighted by Crippen LogP contribution is 2.41. The van der Waals surface area contributed by atoms with Crippen molar-refractivity contribution in [3.8, 4) is 0 Å². The molecular weight excluding hydrogens is 390 g/mol. The summed E-state index contributed by atoms with van der Waals surface area (Å²) in [6.07, 6.45) is 4.78. The second-order valence-corrected chi connectivity index (χ2v) is 9.46. The summed E-state index contributed by atoms with van der Waals surface area (Å²) >= 11 is 1.49. The van der Waals surface area contributed by atoms with Gasteiger partial charge < -0.3 is 9.64 Å². The van der Waals surface area contributed by atoms with E-state index in [1.165, 1.54) is 16.0 Å². The van der Waals surface area contributed by atoms with Gasteiger partial charge in [-0.1, -0.05) is 0 Å². The number of nitrogens with zero attached hydrogens (tertiary/aromatic N) is 5. The first-order valence-corrected chi connectivity index (χ1v) is 11.1. The van der Waals surface area contributed by atoms with Crippen molar-refractivity contribution in [2.75, 3.05) is 26.8 Å². The summed E-state index contributed by atoms with van der Waals surface area (Å²) < 4.78 is 8.44. The zero-order valence-corrected chi connectivity index (χ0v) is 18.3. The molecule has 8 nitrogen and oxygen atoms in total. The SMILES string of the molecule is COCCn1nc2n(c1=O)CCC1(CC2)CCN(C(=O)c2sc(C)nc2C)CC1. The predicted octanol–water partition coefficient (Wildman–Crippen LogP) is 2.02. The number of piperidine rings is 1. The third-order valence-corrected chi connectivity index (χ3v) is 7.52. The maximum atomic E-state index is 12.9. The lowest BCUT2D eigenvalue weighted by Crippen LogP contribution is -2.43. The Morgan fingerprint density at radius 1 is 1.17 bits per heavy atom. The predicted molar refractivity (Wildman–Crippen MR) is 110 cm³/mol. The van der Waals surface area contributed by atoms with Crippen LogP contribution in [-0.4, -0.2) is 56.9 Å². The molecule has 9 heteroatoms. The highest BCUT2D eigenvalue weighted by molar-refractivity contribution is 7.13. The van der Waals surface area contributed by atoms with Gasteiger partial charge in [0.2, 0.25) is 0 Å². The quantitative estimate of drug-likeness (QED) is 0.757. The number of aryl methyl sites for hydroxylation is 3. The molecule has 0 N–H and O–H groups in total. The molecule has 0 atom stereocenters. The highest BCUT2D eigenvalue weighted by atomic mass is 32.1. The van der Waals surface area contributed by atoms with Gasteiger partial charge in [0.25, 0.3) is 5.91 Å². The van der Waals surface area contributed by atoms with E-state index >= 15 is 0 Å². The van der Waals surface area contributed by atoms with Gasteiger partial charge in [-0.25, -0.2) is 14.5 Å². The van der Waals surface area contributed by atoms with Crippen molar-refractivity contribution in [3.05, 3.63) is 31.9 Å². The summed E-state index contributed by atoms with van der Waals surface area (Å²) in [5.74, 6) is 1.00. The standard InChI is InChI=1S/C20H29N5O3S/c1-14-17(29-15(2)21-14)18(26)23-9-6-20(7-10-23)5-4-16-22-25(12-13-28-3)19(27)24(16)11-8-20/h4-13H2,1-3H3. The number of carbonyl (C=O) groups excluding carboxylic acids is 1. The number of ether oxygens (including phenoxy) is 1. The van der Waals surface area contributed by atoms with Crippen LogP contribution in [-0.2, 0) is 24.2 Å². The van der Waals surface area contributed by atoms with Crippen molar-refractivity contribution < 1.29 is 9.53 Å². The van der Waals surface area contributed by atoms with Crippen LogP contribution in [0.15, 0.2) is 4.79 Å². The van der Waals surface area contributed by atoms with E-state index in [0.717, 1.165) is 66.6 Å². The molecule has 1 fully saturated rings. The number of hydrogen-bond acceptors (Lipinski definition) is 6. The van der Waals surface area contributed by atoms with Crippen molar-refractivity contribution in [1.82, 2.24) is 24.2 Å². The van der Waals surface area contributed by atoms with Gasteiger partial charge in [0, 0.05) is 33.2 Å². The third kappa shape index (κ3) is 3.90. The lowest BCUT2D eigenvalue weighted by atomic mass is 9.72. The first-order valence-electron chi connectivity index (χ1n) is 10.3. The van der Waals surface area contributed by atoms with Crippen molar-refractivity contribution >= 4 is 17.2 Å². The maximum absolute atomic E-state index is 12.9. The average molecular weight is 420 g/mol. The molecule has 4 rings (SSSR count). The van der Waals surface area contributed by atoms with Crippen LogP contribution >= 0.6 is 11.3 Å². The number of thiazole rings is 1. The number of hydrogen-bond donors (Lipinski definition) is 0. The Hall–Kier alpha value is -2.00. The van der Waals surface area contributed by atoms with Crippen LogP contribution in [0.5, 0.6) is 0 Å². The Bertz CT molecular complexity index is 952. The monoisotopic (exact) mass is 419 g/mol. The van der Waals surface area contributed by atoms with Crippen LogP contribution in [0, 0.1) is 19.3 Å². The molecule has 2 aromatic heterocycles. The van der Waals surface area contributed by atoms with Gasteiger partial charge in [0.1, 0.15) is 10.7 Å². The molecule has 1 spiro atoms. The Morgan fingerprint density at radius 2 is 1.90 bits per heavy atom. The molecular formula is C20H29N5O3S. The van der Waals surface area contributed by atoms with Gasteiger partial charge in [-0.3, -0.25) is 9.36 Å². The van der Waals surface area contributed by atoms with Crippen LogP contribution in [0.1, 0.15) is 51.9 Å². The van der Waals surface area contributed by atoms with E-state index in [1.54, 1.807) is 7.11 Å². The molecule has 1 saturated heterocycles. The van der Waals surface area contributed by atoms with Gasteiger partial charge in [-0.2, -0.15) is 5.10 Å². The molecule has 0 aliphatic carbocycles. The minimum absolute atomic E-state index is 0.0299. The molecule has 0 radical (unpaired) electrons. The van der Waals surface area contributed by atoms with Crippen LogP contribution in [0.2, 0.25) is 0 Å². The third-order valence-electron chi connectivity index (χ3n) is 6.46. The summed E-state index contributed by atoms with van der Waals surface area (Å²) in [5.41, 5.74) is 1.00. The second-order valence-electron chi connectivity index (χ2n) is 8.26. The average Bonchev–Trinajstić information content (AvgIpc) is 3.14. The smallest absolute Gasteiger partial charge is 0.345 e. The molecule has 0 bridgehead atoms. The van der Waals surface area contributed by atoms with E-state index in [2.05, 4.69) is 10.1 Å². The van der Waals surface area contributed by atoms with E-state index < -0.39 is 0 Å². The Balaban J connectivity index is 1.41. The van der Waals surface area contributed by atoms with Gasteiger partial charge in [-0.15, -0.1) is 11.3 Å². The number of likely N-dealkylation sites (tertiary alicyclic amines) is 1. The molecule has 158 valence electrons. The number of aromatic nitrogens is 4. The highest BCUT2D eigenvalue weighted by Gasteiger charge is 2.38. The fourth-order valence-electron chi connectivity index (χ4n) is 4.63. The zero-order chi connectivity index (χ0) is 20.6. The molecule has 0 saturated carbocycles. The molecule has 0 aromatic carbocycles. The van der Waals surface area contributed by atoms with E-state index in [1.807, 2.05) is 23.3 Å². The lowest BCUT2D eigenvalue weighted by molar-refractivity contribution is 0.0538. The molecule has 4 heterocycles. The molecule has 1 amide bonds. The van der Waals surface area contributed by atoms with Crippen molar-refractivity contribution in [2.24, 2.45) is 5.41 Å². The Kier molecular flexibility index (Phi) is 5.61. The molecule has 2 aromatic rings. The van der Waals surface area contributed by atoms with Crippen LogP contribution < -0.4 is 5.69 Å².